The van der Waals surface area contributed by atoms with Crippen molar-refractivity contribution in [2.24, 2.45) is 5.92 Å². The van der Waals surface area contributed by atoms with Crippen LogP contribution in [0.3, 0.4) is 0 Å². The maximum Gasteiger partial charge on any atom is 0.301 e. The number of thiazole rings is 1. The summed E-state index contributed by atoms with van der Waals surface area (Å²) in [6.07, 6.45) is 2.49. The summed E-state index contributed by atoms with van der Waals surface area (Å²) in [5.41, 5.74) is 1.17. The number of ketones is 1. The molecule has 1 unspecified atom stereocenters. The third-order valence-corrected chi connectivity index (χ3v) is 6.03. The number of hydrogen-bond donors (Lipinski definition) is 1. The highest BCUT2D eigenvalue weighted by Crippen LogP contribution is 2.43. The van der Waals surface area contributed by atoms with Crippen LogP contribution in [0.4, 0.5) is 5.13 Å². The van der Waals surface area contributed by atoms with Crippen molar-refractivity contribution < 1.29 is 19.4 Å². The average molecular weight is 449 g/mol. The minimum atomic E-state index is -0.810. The summed E-state index contributed by atoms with van der Waals surface area (Å²) in [5, 5.41) is 13.2. The topological polar surface area (TPSA) is 79.7 Å². The Bertz CT molecular complexity index is 1140. The van der Waals surface area contributed by atoms with Gasteiger partial charge in [-0.3, -0.25) is 14.5 Å². The number of benzene rings is 2. The molecule has 1 aromatic heterocycles. The van der Waals surface area contributed by atoms with Crippen LogP contribution < -0.4 is 9.64 Å². The van der Waals surface area contributed by atoms with Crippen molar-refractivity contribution in [3.05, 3.63) is 82.9 Å². The molecule has 1 atom stereocenters. The van der Waals surface area contributed by atoms with E-state index in [2.05, 4.69) is 18.8 Å². The molecule has 1 amide bonds. The fraction of sp³-hybridized carbons (Fsp3) is 0.240. The van der Waals surface area contributed by atoms with Gasteiger partial charge < -0.3 is 9.84 Å². The molecule has 2 heterocycles. The number of carbonyl (C=O) groups is 2. The van der Waals surface area contributed by atoms with E-state index in [1.807, 2.05) is 30.3 Å². The fourth-order valence-electron chi connectivity index (χ4n) is 3.62. The lowest BCUT2D eigenvalue weighted by Gasteiger charge is -2.23. The van der Waals surface area contributed by atoms with Crippen LogP contribution in [0.25, 0.3) is 5.76 Å². The lowest BCUT2D eigenvalue weighted by molar-refractivity contribution is -0.132. The maximum atomic E-state index is 13.1. The first-order valence-electron chi connectivity index (χ1n) is 10.5. The highest BCUT2D eigenvalue weighted by atomic mass is 32.1. The monoisotopic (exact) mass is 448 g/mol. The van der Waals surface area contributed by atoms with Gasteiger partial charge in [-0.15, -0.1) is 11.3 Å². The summed E-state index contributed by atoms with van der Waals surface area (Å²) < 4.78 is 5.90. The molecule has 0 spiro atoms. The molecule has 3 aromatic rings. The Morgan fingerprint density at radius 2 is 1.94 bits per heavy atom. The van der Waals surface area contributed by atoms with Crippen LogP contribution in [0.1, 0.15) is 37.4 Å². The van der Waals surface area contributed by atoms with E-state index in [1.54, 1.807) is 35.8 Å². The van der Waals surface area contributed by atoms with Crippen molar-refractivity contribution in [2.45, 2.75) is 26.3 Å². The predicted molar refractivity (Wildman–Crippen MR) is 125 cm³/mol. The van der Waals surface area contributed by atoms with E-state index in [1.165, 1.54) is 16.2 Å². The number of aliphatic hydroxyl groups is 1. The second kappa shape index (κ2) is 9.36. The molecular weight excluding hydrogens is 424 g/mol. The van der Waals surface area contributed by atoms with Crippen LogP contribution in [-0.2, 0) is 9.59 Å². The Hall–Kier alpha value is -3.45. The number of nitrogens with zero attached hydrogens (tertiary/aromatic N) is 2. The second-order valence-electron chi connectivity index (χ2n) is 7.95. The number of rotatable bonds is 7. The van der Waals surface area contributed by atoms with Gasteiger partial charge in [-0.05, 0) is 30.0 Å². The van der Waals surface area contributed by atoms with Gasteiger partial charge in [-0.2, -0.15) is 0 Å². The van der Waals surface area contributed by atoms with E-state index in [9.17, 15) is 14.7 Å². The van der Waals surface area contributed by atoms with E-state index in [-0.39, 0.29) is 11.3 Å². The molecule has 0 radical (unpaired) electrons. The van der Waals surface area contributed by atoms with Crippen molar-refractivity contribution in [2.75, 3.05) is 11.5 Å². The van der Waals surface area contributed by atoms with E-state index < -0.39 is 17.7 Å². The van der Waals surface area contributed by atoms with Gasteiger partial charge >= 0.3 is 5.91 Å². The number of aliphatic hydroxyl groups excluding tert-OH is 1. The van der Waals surface area contributed by atoms with Gasteiger partial charge in [0.15, 0.2) is 5.13 Å². The molecular formula is C25H24N2O4S. The summed E-state index contributed by atoms with van der Waals surface area (Å²) in [7, 11) is 0. The number of amides is 1. The summed E-state index contributed by atoms with van der Waals surface area (Å²) >= 11 is 1.26. The molecule has 1 aliphatic rings. The summed E-state index contributed by atoms with van der Waals surface area (Å²) in [4.78, 5) is 31.7. The zero-order valence-corrected chi connectivity index (χ0v) is 18.7. The van der Waals surface area contributed by atoms with Crippen molar-refractivity contribution >= 4 is 33.9 Å². The van der Waals surface area contributed by atoms with Crippen LogP contribution in [0.15, 0.2) is 71.7 Å². The molecule has 0 bridgehead atoms. The first-order valence-corrected chi connectivity index (χ1v) is 11.3. The Kier molecular flexibility index (Phi) is 6.37. The second-order valence-corrected chi connectivity index (χ2v) is 8.83. The van der Waals surface area contributed by atoms with Gasteiger partial charge in [0.25, 0.3) is 5.78 Å². The summed E-state index contributed by atoms with van der Waals surface area (Å²) in [6.45, 7) is 4.83. The third-order valence-electron chi connectivity index (χ3n) is 5.25. The number of Topliss-reactive ketones (excluding diaryl/α,β-unsaturated/α-hetero) is 1. The molecule has 4 rings (SSSR count). The lowest BCUT2D eigenvalue weighted by Crippen LogP contribution is -2.29. The highest BCUT2D eigenvalue weighted by molar-refractivity contribution is 7.14. The van der Waals surface area contributed by atoms with Crippen molar-refractivity contribution in [1.82, 2.24) is 4.98 Å². The van der Waals surface area contributed by atoms with Crippen molar-refractivity contribution in [3.63, 3.8) is 0 Å². The standard InChI is InChI=1S/C25H24N2O4S/c1-16(2)11-13-31-19-10-6-9-18(15-19)21-20(22(28)17-7-4-3-5-8-17)23(29)24(30)27(21)25-26-12-14-32-25/h3-10,12,14-16,21,28H,11,13H2,1-2H3. The van der Waals surface area contributed by atoms with Crippen molar-refractivity contribution in [1.29, 1.82) is 0 Å². The Morgan fingerprint density at radius 3 is 2.62 bits per heavy atom. The van der Waals surface area contributed by atoms with Gasteiger partial charge in [0.1, 0.15) is 11.5 Å². The van der Waals surface area contributed by atoms with Crippen LogP contribution >= 0.6 is 11.3 Å². The van der Waals surface area contributed by atoms with E-state index in [0.29, 0.717) is 34.5 Å². The van der Waals surface area contributed by atoms with Gasteiger partial charge in [0, 0.05) is 17.1 Å². The fourth-order valence-corrected chi connectivity index (χ4v) is 4.29. The Morgan fingerprint density at radius 1 is 1.16 bits per heavy atom. The number of anilines is 1. The number of carbonyl (C=O) groups excluding carboxylic acids is 2. The van der Waals surface area contributed by atoms with Crippen LogP contribution in [0, 0.1) is 5.92 Å². The Balaban J connectivity index is 1.81. The molecule has 1 aliphatic heterocycles. The highest BCUT2D eigenvalue weighted by Gasteiger charge is 2.48. The smallest absolute Gasteiger partial charge is 0.301 e. The molecule has 0 aliphatic carbocycles. The van der Waals surface area contributed by atoms with Gasteiger partial charge in [0.2, 0.25) is 0 Å². The van der Waals surface area contributed by atoms with Gasteiger partial charge in [0.05, 0.1) is 18.2 Å². The van der Waals surface area contributed by atoms with Crippen LogP contribution in [-0.4, -0.2) is 28.4 Å². The quantitative estimate of drug-likeness (QED) is 0.305. The third kappa shape index (κ3) is 4.29. The molecule has 164 valence electrons. The maximum absolute atomic E-state index is 13.1. The zero-order valence-electron chi connectivity index (χ0n) is 17.9. The minimum Gasteiger partial charge on any atom is -0.507 e. The average Bonchev–Trinajstić information content (AvgIpc) is 3.41. The molecule has 2 aromatic carbocycles. The molecule has 0 saturated carbocycles. The number of aromatic nitrogens is 1. The normalized spacial score (nSPS) is 17.8. The molecule has 6 nitrogen and oxygen atoms in total. The van der Waals surface area contributed by atoms with E-state index >= 15 is 0 Å². The number of hydrogen-bond acceptors (Lipinski definition) is 6. The first kappa shape index (κ1) is 21.8. The molecule has 1 N–H and O–H groups in total. The predicted octanol–water partition coefficient (Wildman–Crippen LogP) is 5.19. The van der Waals surface area contributed by atoms with E-state index in [4.69, 9.17) is 4.74 Å². The van der Waals surface area contributed by atoms with E-state index in [0.717, 1.165) is 6.42 Å². The SMILES string of the molecule is CC(C)CCOc1cccc(C2C(=C(O)c3ccccc3)C(=O)C(=O)N2c2nccs2)c1. The Labute approximate surface area is 190 Å². The van der Waals surface area contributed by atoms with Crippen molar-refractivity contribution in [3.8, 4) is 5.75 Å². The van der Waals surface area contributed by atoms with Gasteiger partial charge in [-0.1, -0.05) is 56.3 Å². The first-order chi connectivity index (χ1) is 15.5. The van der Waals surface area contributed by atoms with Crippen LogP contribution in [0.2, 0.25) is 0 Å². The minimum absolute atomic E-state index is 0.0377. The molecule has 1 fully saturated rings. The lowest BCUT2D eigenvalue weighted by atomic mass is 9.95. The summed E-state index contributed by atoms with van der Waals surface area (Å²) in [5.74, 6) is -0.501. The van der Waals surface area contributed by atoms with Crippen LogP contribution in [0.5, 0.6) is 5.75 Å². The molecule has 7 heteroatoms. The van der Waals surface area contributed by atoms with Gasteiger partial charge in [-0.25, -0.2) is 4.98 Å². The number of ether oxygens (including phenoxy) is 1. The zero-order chi connectivity index (χ0) is 22.7. The largest absolute Gasteiger partial charge is 0.507 e. The molecule has 1 saturated heterocycles. The molecule has 32 heavy (non-hydrogen) atoms. The summed E-state index contributed by atoms with van der Waals surface area (Å²) in [6, 6.07) is 15.3.